The summed E-state index contributed by atoms with van der Waals surface area (Å²) in [6, 6.07) is 71.4. The molecule has 10 aromatic rings. The number of rotatable bonds is 7. The summed E-state index contributed by atoms with van der Waals surface area (Å²) in [6.07, 6.45) is 0. The van der Waals surface area contributed by atoms with E-state index in [1.165, 1.54) is 82.3 Å². The van der Waals surface area contributed by atoms with Gasteiger partial charge < -0.3 is 9.80 Å². The van der Waals surface area contributed by atoms with Crippen molar-refractivity contribution in [2.24, 2.45) is 0 Å². The summed E-state index contributed by atoms with van der Waals surface area (Å²) in [5.74, 6) is 0. The quantitative estimate of drug-likeness (QED) is 0.118. The monoisotopic (exact) mass is 752 g/mol. The highest BCUT2D eigenvalue weighted by Crippen LogP contribution is 2.52. The average Bonchev–Trinajstić information content (AvgIpc) is 3.50. The first-order chi connectivity index (χ1) is 28.9. The fraction of sp³-hybridized carbons (Fsp3) is 0.0545. The van der Waals surface area contributed by atoms with E-state index in [1.807, 2.05) is 0 Å². The zero-order chi connectivity index (χ0) is 39.8. The Hall–Kier alpha value is -7.03. The molecule has 0 heterocycles. The van der Waals surface area contributed by atoms with Crippen molar-refractivity contribution >= 4 is 93.1 Å². The van der Waals surface area contributed by atoms with Crippen molar-refractivity contribution in [3.05, 3.63) is 205 Å². The van der Waals surface area contributed by atoms with Crippen molar-refractivity contribution in [1.82, 2.24) is 0 Å². The van der Waals surface area contributed by atoms with Gasteiger partial charge in [-0.3, -0.25) is 0 Å². The van der Waals surface area contributed by atoms with E-state index in [0.29, 0.717) is 0 Å². The Bertz CT molecular complexity index is 3120. The molecular formula is C55H42B2N2. The van der Waals surface area contributed by atoms with Crippen LogP contribution in [0.3, 0.4) is 0 Å². The van der Waals surface area contributed by atoms with E-state index in [9.17, 15) is 0 Å². The molecule has 1 aliphatic carbocycles. The standard InChI is InChI=1S/C55H42B2N2/c1-55(2)48-31-35(23-25-41(48)42-26-24-40(32-49(42)55)58(36-15-7-3-8-16-36)37-17-9-4-10-18-37)47-33-50(56)44-29-30-46-52(34-51(57)45-28-27-43(47)53(44)54(45)46)59(38-19-11-5-12-20-38)39-21-13-6-14-22-39/h3-34H,56-57H2,1-2H3. The van der Waals surface area contributed by atoms with Crippen LogP contribution in [-0.2, 0) is 5.41 Å². The van der Waals surface area contributed by atoms with Gasteiger partial charge in [0.05, 0.1) is 5.69 Å². The molecule has 10 aromatic carbocycles. The number of fused-ring (bicyclic) bond motifs is 3. The number of anilines is 6. The summed E-state index contributed by atoms with van der Waals surface area (Å²) >= 11 is 0. The highest BCUT2D eigenvalue weighted by atomic mass is 15.1. The largest absolute Gasteiger partial charge is 0.310 e. The summed E-state index contributed by atoms with van der Waals surface area (Å²) < 4.78 is 0. The maximum atomic E-state index is 2.48. The number of para-hydroxylation sites is 4. The maximum absolute atomic E-state index is 2.48. The fourth-order valence-electron chi connectivity index (χ4n) is 9.96. The molecule has 0 fully saturated rings. The normalized spacial score (nSPS) is 12.8. The summed E-state index contributed by atoms with van der Waals surface area (Å²) in [6.45, 7) is 4.79. The zero-order valence-corrected chi connectivity index (χ0v) is 33.9. The van der Waals surface area contributed by atoms with E-state index in [0.717, 1.165) is 28.4 Å². The first kappa shape index (κ1) is 35.2. The molecule has 2 nitrogen and oxygen atoms in total. The van der Waals surface area contributed by atoms with Crippen molar-refractivity contribution in [3.8, 4) is 22.3 Å². The third-order valence-corrected chi connectivity index (χ3v) is 12.8. The Kier molecular flexibility index (Phi) is 8.07. The summed E-state index contributed by atoms with van der Waals surface area (Å²) in [4.78, 5) is 4.78. The van der Waals surface area contributed by atoms with Crippen LogP contribution in [0.1, 0.15) is 25.0 Å². The molecule has 0 saturated carbocycles. The smallest absolute Gasteiger partial charge is 0.140 e. The third kappa shape index (κ3) is 5.51. The predicted molar refractivity (Wildman–Crippen MR) is 259 cm³/mol. The summed E-state index contributed by atoms with van der Waals surface area (Å²) in [7, 11) is 4.55. The molecule has 0 amide bonds. The second kappa shape index (κ2) is 13.5. The minimum Gasteiger partial charge on any atom is -0.310 e. The minimum atomic E-state index is -0.196. The molecular weight excluding hydrogens is 710 g/mol. The molecule has 0 unspecified atom stereocenters. The first-order valence-corrected chi connectivity index (χ1v) is 20.7. The van der Waals surface area contributed by atoms with Crippen LogP contribution in [0.5, 0.6) is 0 Å². The second-order valence-electron chi connectivity index (χ2n) is 16.7. The van der Waals surface area contributed by atoms with Gasteiger partial charge in [-0.1, -0.05) is 146 Å². The SMILES string of the molecule is Bc1cc(-c2ccc3c(c2)C(C)(C)c2cc(N(c4ccccc4)c4ccccc4)ccc2-3)c2ccc3c(B)cc(N(c4ccccc4)c4ccccc4)c4ccc1c2c34. The number of nitrogens with zero attached hydrogens (tertiary/aromatic N) is 2. The van der Waals surface area contributed by atoms with Crippen LogP contribution < -0.4 is 20.7 Å². The van der Waals surface area contributed by atoms with Crippen LogP contribution in [-0.4, -0.2) is 15.7 Å². The minimum absolute atomic E-state index is 0.196. The maximum Gasteiger partial charge on any atom is 0.140 e. The molecule has 0 N–H and O–H groups in total. The van der Waals surface area contributed by atoms with Crippen LogP contribution >= 0.6 is 0 Å². The Morgan fingerprint density at radius 1 is 0.356 bits per heavy atom. The molecule has 59 heavy (non-hydrogen) atoms. The van der Waals surface area contributed by atoms with Gasteiger partial charge in [-0.05, 0) is 133 Å². The Labute approximate surface area is 348 Å². The van der Waals surface area contributed by atoms with Gasteiger partial charge in [-0.25, -0.2) is 0 Å². The van der Waals surface area contributed by atoms with Crippen molar-refractivity contribution in [2.45, 2.75) is 19.3 Å². The second-order valence-corrected chi connectivity index (χ2v) is 16.7. The molecule has 0 bridgehead atoms. The lowest BCUT2D eigenvalue weighted by atomic mass is 9.78. The topological polar surface area (TPSA) is 6.48 Å². The Balaban J connectivity index is 1.07. The summed E-state index contributed by atoms with van der Waals surface area (Å²) in [5, 5.41) is 7.85. The van der Waals surface area contributed by atoms with E-state index in [1.54, 1.807) is 0 Å². The number of hydrogen-bond donors (Lipinski definition) is 0. The fourth-order valence-corrected chi connectivity index (χ4v) is 9.96. The summed E-state index contributed by atoms with van der Waals surface area (Å²) in [5.41, 5.74) is 17.2. The van der Waals surface area contributed by atoms with Crippen molar-refractivity contribution in [1.29, 1.82) is 0 Å². The average molecular weight is 753 g/mol. The van der Waals surface area contributed by atoms with Crippen molar-refractivity contribution < 1.29 is 0 Å². The van der Waals surface area contributed by atoms with E-state index in [4.69, 9.17) is 0 Å². The molecule has 0 aromatic heterocycles. The zero-order valence-electron chi connectivity index (χ0n) is 33.9. The molecule has 0 saturated heterocycles. The van der Waals surface area contributed by atoms with Gasteiger partial charge >= 0.3 is 0 Å². The van der Waals surface area contributed by atoms with Crippen LogP contribution in [0, 0.1) is 0 Å². The highest BCUT2D eigenvalue weighted by molar-refractivity contribution is 6.47. The van der Waals surface area contributed by atoms with Gasteiger partial charge in [-0.15, -0.1) is 0 Å². The van der Waals surface area contributed by atoms with Gasteiger partial charge in [-0.2, -0.15) is 0 Å². The van der Waals surface area contributed by atoms with Crippen LogP contribution in [0.15, 0.2) is 194 Å². The predicted octanol–water partition coefficient (Wildman–Crippen LogP) is 12.0. The molecule has 278 valence electrons. The van der Waals surface area contributed by atoms with Crippen molar-refractivity contribution in [3.63, 3.8) is 0 Å². The van der Waals surface area contributed by atoms with Crippen LogP contribution in [0.2, 0.25) is 0 Å². The van der Waals surface area contributed by atoms with E-state index in [-0.39, 0.29) is 5.41 Å². The molecule has 4 heteroatoms. The molecule has 0 aliphatic heterocycles. The molecule has 1 aliphatic rings. The first-order valence-electron chi connectivity index (χ1n) is 20.7. The van der Waals surface area contributed by atoms with Gasteiger partial charge in [0.2, 0.25) is 0 Å². The molecule has 11 rings (SSSR count). The third-order valence-electron chi connectivity index (χ3n) is 12.8. The van der Waals surface area contributed by atoms with E-state index < -0.39 is 0 Å². The lowest BCUT2D eigenvalue weighted by Crippen LogP contribution is -2.17. The van der Waals surface area contributed by atoms with Crippen molar-refractivity contribution in [2.75, 3.05) is 9.80 Å². The number of hydrogen-bond acceptors (Lipinski definition) is 2. The van der Waals surface area contributed by atoms with Gasteiger partial charge in [0.25, 0.3) is 0 Å². The van der Waals surface area contributed by atoms with E-state index in [2.05, 4.69) is 233 Å². The van der Waals surface area contributed by atoms with Crippen LogP contribution in [0.4, 0.5) is 34.1 Å². The van der Waals surface area contributed by atoms with Gasteiger partial charge in [0.15, 0.2) is 0 Å². The molecule has 0 spiro atoms. The Morgan fingerprint density at radius 2 is 0.797 bits per heavy atom. The highest BCUT2D eigenvalue weighted by Gasteiger charge is 2.36. The van der Waals surface area contributed by atoms with Crippen LogP contribution in [0.25, 0.3) is 54.6 Å². The van der Waals surface area contributed by atoms with Gasteiger partial charge in [0.1, 0.15) is 15.7 Å². The lowest BCUT2D eigenvalue weighted by molar-refractivity contribution is 0.660. The lowest BCUT2D eigenvalue weighted by Gasteiger charge is -2.29. The molecule has 0 atom stereocenters. The number of benzene rings is 10. The molecule has 0 radical (unpaired) electrons. The van der Waals surface area contributed by atoms with E-state index >= 15 is 0 Å². The van der Waals surface area contributed by atoms with Gasteiger partial charge in [0, 0.05) is 39.2 Å². The Morgan fingerprint density at radius 3 is 1.36 bits per heavy atom.